The molecule has 0 aromatic heterocycles. The summed E-state index contributed by atoms with van der Waals surface area (Å²) in [4.78, 5) is 0. The third-order valence-corrected chi connectivity index (χ3v) is 3.02. The minimum atomic E-state index is 0.560. The molecule has 0 aliphatic carbocycles. The Bertz CT molecular complexity index is 394. The highest BCUT2D eigenvalue weighted by Gasteiger charge is 2.05. The fourth-order valence-electron chi connectivity index (χ4n) is 2.04. The Hall–Kier alpha value is -1.26. The van der Waals surface area contributed by atoms with Gasteiger partial charge in [0.25, 0.3) is 0 Å². The van der Waals surface area contributed by atoms with Gasteiger partial charge in [-0.15, -0.1) is 0 Å². The summed E-state index contributed by atoms with van der Waals surface area (Å²) in [5, 5.41) is 6.87. The molecule has 0 saturated heterocycles. The molecule has 0 bridgehead atoms. The zero-order valence-electron chi connectivity index (χ0n) is 13.9. The summed E-state index contributed by atoms with van der Waals surface area (Å²) in [6.07, 6.45) is 1.13. The van der Waals surface area contributed by atoms with Crippen molar-refractivity contribution in [2.24, 2.45) is 0 Å². The number of benzene rings is 1. The van der Waals surface area contributed by atoms with Crippen LogP contribution in [-0.2, 0) is 6.54 Å². The highest BCUT2D eigenvalue weighted by Crippen LogP contribution is 2.28. The Labute approximate surface area is 129 Å². The molecule has 0 unspecified atom stereocenters. The monoisotopic (exact) mass is 294 g/mol. The molecule has 0 aliphatic heterocycles. The second-order valence-electron chi connectivity index (χ2n) is 5.29. The third-order valence-electron chi connectivity index (χ3n) is 3.02. The van der Waals surface area contributed by atoms with Crippen LogP contribution in [0.4, 0.5) is 0 Å². The van der Waals surface area contributed by atoms with E-state index < -0.39 is 0 Å². The first-order valence-electron chi connectivity index (χ1n) is 8.00. The lowest BCUT2D eigenvalue weighted by atomic mass is 10.2. The Morgan fingerprint density at radius 2 is 1.71 bits per heavy atom. The molecule has 0 atom stereocenters. The molecular formula is C17H30N2O2. The average Bonchev–Trinajstić information content (AvgIpc) is 2.45. The topological polar surface area (TPSA) is 42.5 Å². The van der Waals surface area contributed by atoms with Gasteiger partial charge in [-0.2, -0.15) is 0 Å². The predicted octanol–water partition coefficient (Wildman–Crippen LogP) is 2.96. The third kappa shape index (κ3) is 7.34. The van der Waals surface area contributed by atoms with Crippen molar-refractivity contribution < 1.29 is 9.47 Å². The fourth-order valence-corrected chi connectivity index (χ4v) is 2.04. The van der Waals surface area contributed by atoms with E-state index in [1.54, 1.807) is 0 Å². The van der Waals surface area contributed by atoms with Gasteiger partial charge in [0.15, 0.2) is 11.5 Å². The van der Waals surface area contributed by atoms with E-state index in [1.807, 2.05) is 19.9 Å². The van der Waals surface area contributed by atoms with Gasteiger partial charge in [-0.05, 0) is 51.1 Å². The van der Waals surface area contributed by atoms with E-state index in [-0.39, 0.29) is 0 Å². The normalized spacial score (nSPS) is 10.9. The smallest absolute Gasteiger partial charge is 0.161 e. The maximum absolute atomic E-state index is 5.64. The first-order valence-corrected chi connectivity index (χ1v) is 8.00. The quantitative estimate of drug-likeness (QED) is 0.616. The van der Waals surface area contributed by atoms with E-state index in [0.29, 0.717) is 19.3 Å². The van der Waals surface area contributed by atoms with Gasteiger partial charge in [0, 0.05) is 12.6 Å². The molecule has 21 heavy (non-hydrogen) atoms. The van der Waals surface area contributed by atoms with E-state index in [2.05, 4.69) is 36.6 Å². The van der Waals surface area contributed by atoms with Crippen molar-refractivity contribution >= 4 is 0 Å². The fraction of sp³-hybridized carbons (Fsp3) is 0.647. The van der Waals surface area contributed by atoms with E-state index in [1.165, 1.54) is 5.56 Å². The summed E-state index contributed by atoms with van der Waals surface area (Å²) in [5.41, 5.74) is 1.22. The van der Waals surface area contributed by atoms with Crippen molar-refractivity contribution in [2.45, 2.75) is 46.7 Å². The highest BCUT2D eigenvalue weighted by molar-refractivity contribution is 5.43. The molecule has 0 heterocycles. The zero-order chi connectivity index (χ0) is 15.5. The first-order chi connectivity index (χ1) is 10.2. The number of hydrogen-bond acceptors (Lipinski definition) is 4. The summed E-state index contributed by atoms with van der Waals surface area (Å²) in [5.74, 6) is 1.66. The lowest BCUT2D eigenvalue weighted by Crippen LogP contribution is -2.26. The van der Waals surface area contributed by atoms with Gasteiger partial charge < -0.3 is 20.1 Å². The average molecular weight is 294 g/mol. The summed E-state index contributed by atoms with van der Waals surface area (Å²) in [6.45, 7) is 12.5. The van der Waals surface area contributed by atoms with Gasteiger partial charge in [0.2, 0.25) is 0 Å². The number of rotatable bonds is 11. The van der Waals surface area contributed by atoms with Crippen molar-refractivity contribution in [3.05, 3.63) is 23.8 Å². The maximum Gasteiger partial charge on any atom is 0.161 e. The molecule has 0 saturated carbocycles. The van der Waals surface area contributed by atoms with Crippen LogP contribution in [0.5, 0.6) is 11.5 Å². The van der Waals surface area contributed by atoms with Gasteiger partial charge >= 0.3 is 0 Å². The van der Waals surface area contributed by atoms with Crippen molar-refractivity contribution in [2.75, 3.05) is 26.3 Å². The molecule has 120 valence electrons. The molecule has 2 N–H and O–H groups in total. The molecule has 4 heteroatoms. The molecule has 0 radical (unpaired) electrons. The van der Waals surface area contributed by atoms with Crippen LogP contribution in [0.25, 0.3) is 0 Å². The van der Waals surface area contributed by atoms with Crippen molar-refractivity contribution in [1.29, 1.82) is 0 Å². The van der Waals surface area contributed by atoms with Gasteiger partial charge in [-0.3, -0.25) is 0 Å². The Morgan fingerprint density at radius 1 is 1.00 bits per heavy atom. The van der Waals surface area contributed by atoms with Crippen LogP contribution < -0.4 is 20.1 Å². The number of nitrogens with one attached hydrogen (secondary N) is 2. The molecule has 0 aliphatic rings. The molecular weight excluding hydrogens is 264 g/mol. The molecule has 1 aromatic rings. The molecule has 0 spiro atoms. The van der Waals surface area contributed by atoms with Crippen molar-refractivity contribution in [1.82, 2.24) is 10.6 Å². The maximum atomic E-state index is 5.64. The SMILES string of the molecule is CCOc1ccc(CNCCCNC(C)C)cc1OCC. The Balaban J connectivity index is 2.39. The summed E-state index contributed by atoms with van der Waals surface area (Å²) < 4.78 is 11.2. The van der Waals surface area contributed by atoms with Crippen molar-refractivity contribution in [3.63, 3.8) is 0 Å². The van der Waals surface area contributed by atoms with E-state index in [4.69, 9.17) is 9.47 Å². The molecule has 4 nitrogen and oxygen atoms in total. The van der Waals surface area contributed by atoms with Crippen LogP contribution in [0.2, 0.25) is 0 Å². The van der Waals surface area contributed by atoms with E-state index >= 15 is 0 Å². The summed E-state index contributed by atoms with van der Waals surface area (Å²) in [6, 6.07) is 6.71. The molecule has 0 amide bonds. The van der Waals surface area contributed by atoms with Gasteiger partial charge in [-0.1, -0.05) is 19.9 Å². The van der Waals surface area contributed by atoms with Crippen LogP contribution >= 0.6 is 0 Å². The Morgan fingerprint density at radius 3 is 2.38 bits per heavy atom. The van der Waals surface area contributed by atoms with Gasteiger partial charge in [0.1, 0.15) is 0 Å². The summed E-state index contributed by atoms with van der Waals surface area (Å²) >= 11 is 0. The lowest BCUT2D eigenvalue weighted by Gasteiger charge is -2.13. The predicted molar refractivity (Wildman–Crippen MR) is 88.2 cm³/mol. The zero-order valence-corrected chi connectivity index (χ0v) is 13.9. The number of ether oxygens (including phenoxy) is 2. The van der Waals surface area contributed by atoms with E-state index in [9.17, 15) is 0 Å². The van der Waals surface area contributed by atoms with Crippen LogP contribution in [0.1, 0.15) is 39.7 Å². The minimum Gasteiger partial charge on any atom is -0.490 e. The second kappa shape index (κ2) is 10.5. The van der Waals surface area contributed by atoms with Crippen LogP contribution in [0.15, 0.2) is 18.2 Å². The molecule has 1 aromatic carbocycles. The van der Waals surface area contributed by atoms with E-state index in [0.717, 1.165) is 37.6 Å². The van der Waals surface area contributed by atoms with Gasteiger partial charge in [0.05, 0.1) is 13.2 Å². The van der Waals surface area contributed by atoms with Crippen LogP contribution in [0, 0.1) is 0 Å². The Kier molecular flexibility index (Phi) is 8.87. The van der Waals surface area contributed by atoms with Crippen LogP contribution in [-0.4, -0.2) is 32.3 Å². The van der Waals surface area contributed by atoms with Gasteiger partial charge in [-0.25, -0.2) is 0 Å². The largest absolute Gasteiger partial charge is 0.490 e. The summed E-state index contributed by atoms with van der Waals surface area (Å²) in [7, 11) is 0. The second-order valence-corrected chi connectivity index (χ2v) is 5.29. The minimum absolute atomic E-state index is 0.560. The first kappa shape index (κ1) is 17.8. The van der Waals surface area contributed by atoms with Crippen LogP contribution in [0.3, 0.4) is 0 Å². The number of hydrogen-bond donors (Lipinski definition) is 2. The molecule has 0 fully saturated rings. The lowest BCUT2D eigenvalue weighted by molar-refractivity contribution is 0.287. The highest BCUT2D eigenvalue weighted by atomic mass is 16.5. The molecule has 1 rings (SSSR count). The standard InChI is InChI=1S/C17H30N2O2/c1-5-20-16-9-8-15(12-17(16)21-6-2)13-18-10-7-11-19-14(3)4/h8-9,12,14,18-19H,5-7,10-11,13H2,1-4H3. The van der Waals surface area contributed by atoms with Crippen molar-refractivity contribution in [3.8, 4) is 11.5 Å².